The number of thiol groups is 1. The zero-order valence-electron chi connectivity index (χ0n) is 5.80. The summed E-state index contributed by atoms with van der Waals surface area (Å²) in [4.78, 5) is 0. The van der Waals surface area contributed by atoms with Gasteiger partial charge in [-0.05, 0) is 0 Å². The van der Waals surface area contributed by atoms with Gasteiger partial charge in [-0.3, -0.25) is 0 Å². The van der Waals surface area contributed by atoms with Crippen LogP contribution >= 0.6 is 12.6 Å². The normalized spacial score (nSPS) is 55.5. The van der Waals surface area contributed by atoms with Crippen molar-refractivity contribution in [2.45, 2.75) is 36.1 Å². The first kappa shape index (κ1) is 10.1. The Morgan fingerprint density at radius 1 is 0.583 bits per heavy atom. The maximum atomic E-state index is 12.5. The molecule has 1 rings (SSSR count). The number of halogens is 5. The van der Waals surface area contributed by atoms with Crippen molar-refractivity contribution in [3.05, 3.63) is 0 Å². The smallest absolute Gasteiger partial charge is 0.168 e. The van der Waals surface area contributed by atoms with E-state index < -0.39 is 36.1 Å². The van der Waals surface area contributed by atoms with Gasteiger partial charge in [0, 0.05) is 0 Å². The predicted molar refractivity (Wildman–Crippen MR) is 37.3 cm³/mol. The van der Waals surface area contributed by atoms with Crippen LogP contribution in [0.1, 0.15) is 0 Å². The summed E-state index contributed by atoms with van der Waals surface area (Å²) < 4.78 is 62.4. The van der Waals surface area contributed by atoms with Gasteiger partial charge < -0.3 is 0 Å². The van der Waals surface area contributed by atoms with Gasteiger partial charge in [-0.2, -0.15) is 12.6 Å². The van der Waals surface area contributed by atoms with Gasteiger partial charge in [0.05, 0.1) is 5.25 Å². The van der Waals surface area contributed by atoms with Gasteiger partial charge in [0.1, 0.15) is 12.3 Å². The molecule has 0 amide bonds. The number of hydrogen-bond donors (Lipinski definition) is 1. The highest BCUT2D eigenvalue weighted by molar-refractivity contribution is 7.81. The molecule has 0 nitrogen and oxygen atoms in total. The molecule has 0 aromatic rings. The molecular formula is C6H7F5S. The summed E-state index contributed by atoms with van der Waals surface area (Å²) >= 11 is 3.31. The van der Waals surface area contributed by atoms with Crippen molar-refractivity contribution in [3.8, 4) is 0 Å². The first-order valence-electron chi connectivity index (χ1n) is 3.35. The molecule has 12 heavy (non-hydrogen) atoms. The minimum atomic E-state index is -2.72. The van der Waals surface area contributed by atoms with Crippen molar-refractivity contribution >= 4 is 12.6 Å². The largest absolute Gasteiger partial charge is 0.243 e. The molecule has 4 unspecified atom stereocenters. The lowest BCUT2D eigenvalue weighted by Crippen LogP contribution is -2.54. The molecule has 0 spiro atoms. The molecule has 0 N–H and O–H groups in total. The summed E-state index contributed by atoms with van der Waals surface area (Å²) in [6, 6.07) is 0. The van der Waals surface area contributed by atoms with E-state index in [1.54, 1.807) is 0 Å². The van der Waals surface area contributed by atoms with Crippen molar-refractivity contribution in [2.75, 3.05) is 0 Å². The molecule has 72 valence electrons. The van der Waals surface area contributed by atoms with Gasteiger partial charge in [-0.25, -0.2) is 22.0 Å². The van der Waals surface area contributed by atoms with Crippen LogP contribution in [0.2, 0.25) is 0 Å². The van der Waals surface area contributed by atoms with Crippen molar-refractivity contribution in [1.82, 2.24) is 0 Å². The molecule has 1 aliphatic rings. The Morgan fingerprint density at radius 3 is 1.17 bits per heavy atom. The zero-order chi connectivity index (χ0) is 9.46. The Labute approximate surface area is 71.5 Å². The van der Waals surface area contributed by atoms with Gasteiger partial charge in [0.15, 0.2) is 18.5 Å². The minimum Gasteiger partial charge on any atom is -0.243 e. The van der Waals surface area contributed by atoms with Crippen molar-refractivity contribution < 1.29 is 22.0 Å². The summed E-state index contributed by atoms with van der Waals surface area (Å²) in [7, 11) is 0. The minimum absolute atomic E-state index is 1.72. The highest BCUT2D eigenvalue weighted by Gasteiger charge is 2.52. The molecular weight excluding hydrogens is 199 g/mol. The lowest BCUT2D eigenvalue weighted by molar-refractivity contribution is -0.0454. The molecule has 0 aromatic carbocycles. The van der Waals surface area contributed by atoms with E-state index in [1.807, 2.05) is 0 Å². The highest BCUT2D eigenvalue weighted by atomic mass is 32.1. The van der Waals surface area contributed by atoms with Crippen molar-refractivity contribution in [3.63, 3.8) is 0 Å². The van der Waals surface area contributed by atoms with Crippen molar-refractivity contribution in [1.29, 1.82) is 0 Å². The molecule has 1 fully saturated rings. The van der Waals surface area contributed by atoms with E-state index in [0.717, 1.165) is 0 Å². The Bertz CT molecular complexity index is 107. The van der Waals surface area contributed by atoms with Gasteiger partial charge >= 0.3 is 0 Å². The van der Waals surface area contributed by atoms with E-state index >= 15 is 0 Å². The van der Waals surface area contributed by atoms with Gasteiger partial charge in [0.25, 0.3) is 0 Å². The summed E-state index contributed by atoms with van der Waals surface area (Å²) in [5.41, 5.74) is 0. The number of rotatable bonds is 0. The monoisotopic (exact) mass is 206 g/mol. The standard InChI is InChI=1S/C6H7F5S/c7-1-2(8)4(10)6(12)5(11)3(1)9/h1-6,12H. The molecule has 0 aromatic heterocycles. The van der Waals surface area contributed by atoms with Crippen LogP contribution in [0.25, 0.3) is 0 Å². The molecule has 0 bridgehead atoms. The lowest BCUT2D eigenvalue weighted by Gasteiger charge is -2.33. The maximum Gasteiger partial charge on any atom is 0.168 e. The molecule has 6 heteroatoms. The second-order valence-electron chi connectivity index (χ2n) is 2.71. The summed E-state index contributed by atoms with van der Waals surface area (Å²) in [6.45, 7) is 0. The molecule has 1 saturated carbocycles. The van der Waals surface area contributed by atoms with Crippen LogP contribution in [0.3, 0.4) is 0 Å². The Balaban J connectivity index is 2.76. The first-order chi connectivity index (χ1) is 5.46. The van der Waals surface area contributed by atoms with E-state index in [4.69, 9.17) is 0 Å². The SMILES string of the molecule is FC1C(F)C(F)C(S)C(F)C1F. The van der Waals surface area contributed by atoms with Crippen LogP contribution in [0.5, 0.6) is 0 Å². The molecule has 0 radical (unpaired) electrons. The van der Waals surface area contributed by atoms with Gasteiger partial charge in [-0.1, -0.05) is 0 Å². The lowest BCUT2D eigenvalue weighted by atomic mass is 9.91. The Morgan fingerprint density at radius 2 is 0.833 bits per heavy atom. The molecule has 0 heterocycles. The maximum absolute atomic E-state index is 12.5. The summed E-state index contributed by atoms with van der Waals surface area (Å²) in [5.74, 6) is 0. The zero-order valence-corrected chi connectivity index (χ0v) is 6.70. The van der Waals surface area contributed by atoms with Crippen LogP contribution in [0, 0.1) is 0 Å². The third-order valence-corrected chi connectivity index (χ3v) is 2.44. The molecule has 4 atom stereocenters. The van der Waals surface area contributed by atoms with Crippen LogP contribution < -0.4 is 0 Å². The average Bonchev–Trinajstić information content (AvgIpc) is 2.08. The third kappa shape index (κ3) is 1.41. The second-order valence-corrected chi connectivity index (χ2v) is 3.31. The highest BCUT2D eigenvalue weighted by Crippen LogP contribution is 2.34. The second kappa shape index (κ2) is 3.40. The van der Waals surface area contributed by atoms with Crippen LogP contribution in [-0.2, 0) is 0 Å². The van der Waals surface area contributed by atoms with Crippen LogP contribution in [0.15, 0.2) is 0 Å². The Kier molecular flexibility index (Phi) is 2.85. The average molecular weight is 206 g/mol. The fourth-order valence-electron chi connectivity index (χ4n) is 1.08. The van der Waals surface area contributed by atoms with E-state index in [2.05, 4.69) is 12.6 Å². The Hall–Kier alpha value is -0.0000000000000000555. The molecule has 1 aliphatic carbocycles. The van der Waals surface area contributed by atoms with E-state index in [-0.39, 0.29) is 0 Å². The topological polar surface area (TPSA) is 0 Å². The van der Waals surface area contributed by atoms with Gasteiger partial charge in [0.2, 0.25) is 0 Å². The van der Waals surface area contributed by atoms with E-state index in [9.17, 15) is 22.0 Å². The van der Waals surface area contributed by atoms with Crippen molar-refractivity contribution in [2.24, 2.45) is 0 Å². The van der Waals surface area contributed by atoms with Gasteiger partial charge in [-0.15, -0.1) is 0 Å². The van der Waals surface area contributed by atoms with E-state index in [0.29, 0.717) is 0 Å². The molecule has 0 saturated heterocycles. The quantitative estimate of drug-likeness (QED) is 0.454. The first-order valence-corrected chi connectivity index (χ1v) is 3.87. The fraction of sp³-hybridized carbons (Fsp3) is 1.00. The van der Waals surface area contributed by atoms with Crippen LogP contribution in [-0.4, -0.2) is 36.1 Å². The third-order valence-electron chi connectivity index (χ3n) is 1.87. The summed E-state index contributed by atoms with van der Waals surface area (Å²) in [5, 5.41) is -1.72. The van der Waals surface area contributed by atoms with Crippen LogP contribution in [0.4, 0.5) is 22.0 Å². The molecule has 0 aliphatic heterocycles. The summed E-state index contributed by atoms with van der Waals surface area (Å²) in [6.07, 6.45) is -12.7. The predicted octanol–water partition coefficient (Wildman–Crippen LogP) is 1.99. The fourth-order valence-corrected chi connectivity index (χ4v) is 1.41. The number of alkyl halides is 5. The number of hydrogen-bond acceptors (Lipinski definition) is 1. The van der Waals surface area contributed by atoms with E-state index in [1.165, 1.54) is 0 Å².